The molecule has 1 atom stereocenters. The van der Waals surface area contributed by atoms with Crippen LogP contribution in [0.5, 0.6) is 5.75 Å². The summed E-state index contributed by atoms with van der Waals surface area (Å²) in [7, 11) is 0. The van der Waals surface area contributed by atoms with E-state index in [1.165, 1.54) is 21.9 Å². The van der Waals surface area contributed by atoms with Crippen molar-refractivity contribution in [3.63, 3.8) is 0 Å². The number of rotatable bonds is 5. The molecule has 0 aliphatic carbocycles. The van der Waals surface area contributed by atoms with Gasteiger partial charge in [0.2, 0.25) is 0 Å². The summed E-state index contributed by atoms with van der Waals surface area (Å²) in [6.45, 7) is 2.28. The molecule has 0 saturated carbocycles. The fourth-order valence-corrected chi connectivity index (χ4v) is 9.18. The second-order valence-electron chi connectivity index (χ2n) is 15.3. The normalized spacial score (nSPS) is 14.3. The fourth-order valence-electron chi connectivity index (χ4n) is 9.18. The molecule has 0 amide bonds. The molecule has 1 aliphatic rings. The van der Waals surface area contributed by atoms with Crippen LogP contribution in [0, 0.1) is 0 Å². The topological polar surface area (TPSA) is 43.7 Å². The Morgan fingerprint density at radius 1 is 0.500 bits per heavy atom. The van der Waals surface area contributed by atoms with E-state index < -0.39 is 0 Å². The molecule has 12 rings (SSSR count). The standard InChI is InChI=1S/C53H36N2O3/c1-33-20-26-46(34-12-4-2-5-13-34)56-49-28-29-50-53(52(33)49)43-31-37(23-27-48(43)57-50)54(38-21-24-41-40-17-9-11-19-47(40)58-51(41)32-38)36-22-25-45-42(30-36)39-16-8-10-18-44(39)55(45)35-14-6-3-7-15-35/h2-19,21-33H,20H2,1H3. The summed E-state index contributed by atoms with van der Waals surface area (Å²) < 4.78 is 22.2. The molecule has 276 valence electrons. The van der Waals surface area contributed by atoms with Crippen LogP contribution in [0.25, 0.3) is 77.1 Å². The number of hydrogen-bond acceptors (Lipinski definition) is 4. The van der Waals surface area contributed by atoms with Crippen molar-refractivity contribution in [2.75, 3.05) is 4.90 Å². The summed E-state index contributed by atoms with van der Waals surface area (Å²) in [5.41, 5.74) is 12.2. The van der Waals surface area contributed by atoms with E-state index in [1.54, 1.807) is 0 Å². The van der Waals surface area contributed by atoms with Gasteiger partial charge in [-0.2, -0.15) is 0 Å². The molecule has 4 heterocycles. The van der Waals surface area contributed by atoms with Gasteiger partial charge in [-0.15, -0.1) is 0 Å². The monoisotopic (exact) mass is 748 g/mol. The van der Waals surface area contributed by atoms with Crippen LogP contribution in [-0.2, 0) is 0 Å². The minimum absolute atomic E-state index is 0.209. The van der Waals surface area contributed by atoms with Crippen LogP contribution in [0.15, 0.2) is 191 Å². The van der Waals surface area contributed by atoms with Gasteiger partial charge in [0.15, 0.2) is 0 Å². The van der Waals surface area contributed by atoms with Crippen LogP contribution in [-0.4, -0.2) is 4.57 Å². The van der Waals surface area contributed by atoms with Crippen LogP contribution >= 0.6 is 0 Å². The maximum Gasteiger partial charge on any atom is 0.137 e. The maximum absolute atomic E-state index is 6.73. The first-order chi connectivity index (χ1) is 28.7. The van der Waals surface area contributed by atoms with Gasteiger partial charge < -0.3 is 23.0 Å². The minimum Gasteiger partial charge on any atom is -0.457 e. The van der Waals surface area contributed by atoms with Gasteiger partial charge in [-0.1, -0.05) is 91.9 Å². The van der Waals surface area contributed by atoms with E-state index in [0.717, 1.165) is 95.6 Å². The highest BCUT2D eigenvalue weighted by Crippen LogP contribution is 2.47. The predicted molar refractivity (Wildman–Crippen MR) is 238 cm³/mol. The molecule has 1 unspecified atom stereocenters. The van der Waals surface area contributed by atoms with E-state index in [0.29, 0.717) is 0 Å². The summed E-state index contributed by atoms with van der Waals surface area (Å²) in [4.78, 5) is 2.34. The van der Waals surface area contributed by atoms with Gasteiger partial charge in [0.05, 0.1) is 11.0 Å². The Bertz CT molecular complexity index is 3420. The Kier molecular flexibility index (Phi) is 7.20. The van der Waals surface area contributed by atoms with Gasteiger partial charge in [0, 0.05) is 72.3 Å². The zero-order valence-electron chi connectivity index (χ0n) is 31.7. The SMILES string of the molecule is CC1CC=C(c2ccccc2)Oc2ccc3oc4ccc(N(c5ccc6c(c5)oc5ccccc56)c5ccc6c(c5)c5ccccc5n6-c5ccccc5)cc4c3c21. The molecule has 0 fully saturated rings. The molecule has 58 heavy (non-hydrogen) atoms. The number of aromatic nitrogens is 1. The molecule has 0 radical (unpaired) electrons. The third kappa shape index (κ3) is 5.03. The Balaban J connectivity index is 1.08. The smallest absolute Gasteiger partial charge is 0.137 e. The lowest BCUT2D eigenvalue weighted by Gasteiger charge is -2.26. The van der Waals surface area contributed by atoms with Crippen molar-refractivity contribution in [2.24, 2.45) is 0 Å². The molecule has 0 bridgehead atoms. The Morgan fingerprint density at radius 2 is 1.12 bits per heavy atom. The minimum atomic E-state index is 0.209. The van der Waals surface area contributed by atoms with Gasteiger partial charge in [-0.3, -0.25) is 0 Å². The van der Waals surface area contributed by atoms with Gasteiger partial charge >= 0.3 is 0 Å². The molecule has 3 aromatic heterocycles. The third-order valence-electron chi connectivity index (χ3n) is 11.9. The number of nitrogens with zero attached hydrogens (tertiary/aromatic N) is 2. The quantitative estimate of drug-likeness (QED) is 0.176. The van der Waals surface area contributed by atoms with Crippen molar-refractivity contribution in [1.82, 2.24) is 4.57 Å². The van der Waals surface area contributed by atoms with Crippen LogP contribution in [0.2, 0.25) is 0 Å². The van der Waals surface area contributed by atoms with Gasteiger partial charge in [-0.05, 0) is 103 Å². The lowest BCUT2D eigenvalue weighted by atomic mass is 9.92. The second-order valence-corrected chi connectivity index (χ2v) is 15.3. The zero-order valence-corrected chi connectivity index (χ0v) is 31.7. The molecular formula is C53H36N2O3. The van der Waals surface area contributed by atoms with E-state index in [-0.39, 0.29) is 5.92 Å². The molecule has 5 heteroatoms. The van der Waals surface area contributed by atoms with Crippen LogP contribution in [0.3, 0.4) is 0 Å². The first-order valence-electron chi connectivity index (χ1n) is 19.9. The number of fused-ring (bicyclic) bond motifs is 11. The molecule has 8 aromatic carbocycles. The molecule has 0 N–H and O–H groups in total. The van der Waals surface area contributed by atoms with E-state index in [9.17, 15) is 0 Å². The van der Waals surface area contributed by atoms with Gasteiger partial charge in [0.25, 0.3) is 0 Å². The molecule has 0 spiro atoms. The maximum atomic E-state index is 6.73. The summed E-state index contributed by atoms with van der Waals surface area (Å²) >= 11 is 0. The molecule has 5 nitrogen and oxygen atoms in total. The van der Waals surface area contributed by atoms with Crippen molar-refractivity contribution >= 4 is 88.5 Å². The van der Waals surface area contributed by atoms with Crippen LogP contribution < -0.4 is 9.64 Å². The average molecular weight is 749 g/mol. The Labute approximate surface area is 334 Å². The summed E-state index contributed by atoms with van der Waals surface area (Å²) in [5.74, 6) is 1.96. The first-order valence-corrected chi connectivity index (χ1v) is 19.9. The number of para-hydroxylation sites is 3. The lowest BCUT2D eigenvalue weighted by Crippen LogP contribution is -2.10. The van der Waals surface area contributed by atoms with Crippen molar-refractivity contribution in [3.8, 4) is 11.4 Å². The largest absolute Gasteiger partial charge is 0.457 e. The third-order valence-corrected chi connectivity index (χ3v) is 11.9. The van der Waals surface area contributed by atoms with Crippen molar-refractivity contribution < 1.29 is 13.6 Å². The Morgan fingerprint density at radius 3 is 1.98 bits per heavy atom. The number of hydrogen-bond donors (Lipinski definition) is 0. The van der Waals surface area contributed by atoms with Crippen LogP contribution in [0.1, 0.15) is 30.4 Å². The molecule has 0 saturated heterocycles. The average Bonchev–Trinajstić information content (AvgIpc) is 3.90. The molecule has 1 aliphatic heterocycles. The Hall–Kier alpha value is -7.50. The molecule has 11 aromatic rings. The number of benzene rings is 8. The predicted octanol–water partition coefficient (Wildman–Crippen LogP) is 15.0. The van der Waals surface area contributed by atoms with E-state index in [4.69, 9.17) is 13.6 Å². The summed E-state index contributed by atoms with van der Waals surface area (Å²) in [5, 5.41) is 6.74. The number of furan rings is 2. The van der Waals surface area contributed by atoms with Crippen molar-refractivity contribution in [1.29, 1.82) is 0 Å². The van der Waals surface area contributed by atoms with E-state index in [1.807, 2.05) is 18.2 Å². The number of anilines is 3. The number of allylic oxidation sites excluding steroid dienone is 1. The highest BCUT2D eigenvalue weighted by atomic mass is 16.5. The van der Waals surface area contributed by atoms with Gasteiger partial charge in [-0.25, -0.2) is 0 Å². The highest BCUT2D eigenvalue weighted by Gasteiger charge is 2.25. The fraction of sp³-hybridized carbons (Fsp3) is 0.0566. The van der Waals surface area contributed by atoms with Crippen molar-refractivity contribution in [3.05, 3.63) is 193 Å². The van der Waals surface area contributed by atoms with E-state index in [2.05, 4.69) is 180 Å². The van der Waals surface area contributed by atoms with E-state index >= 15 is 0 Å². The first kappa shape index (κ1) is 32.7. The van der Waals surface area contributed by atoms with Gasteiger partial charge in [0.1, 0.15) is 33.8 Å². The highest BCUT2D eigenvalue weighted by molar-refractivity contribution is 6.12. The zero-order chi connectivity index (χ0) is 38.3. The number of ether oxygens (including phenoxy) is 1. The lowest BCUT2D eigenvalue weighted by molar-refractivity contribution is 0.511. The van der Waals surface area contributed by atoms with Crippen molar-refractivity contribution in [2.45, 2.75) is 19.3 Å². The van der Waals surface area contributed by atoms with Crippen LogP contribution in [0.4, 0.5) is 17.1 Å². The molecular weight excluding hydrogens is 713 g/mol. The summed E-state index contributed by atoms with van der Waals surface area (Å²) in [6.07, 6.45) is 3.07. The summed E-state index contributed by atoms with van der Waals surface area (Å²) in [6, 6.07) is 61.9. The second kappa shape index (κ2) is 12.8.